The van der Waals surface area contributed by atoms with Gasteiger partial charge in [-0.2, -0.15) is 0 Å². The van der Waals surface area contributed by atoms with Crippen LogP contribution >= 0.6 is 0 Å². The molecule has 18 heavy (non-hydrogen) atoms. The van der Waals surface area contributed by atoms with E-state index < -0.39 is 15.1 Å². The van der Waals surface area contributed by atoms with E-state index in [2.05, 4.69) is 0 Å². The quantitative estimate of drug-likeness (QED) is 0.836. The first-order chi connectivity index (χ1) is 8.55. The number of methoxy groups -OCH3 is 1. The summed E-state index contributed by atoms with van der Waals surface area (Å²) in [7, 11) is -1.94. The van der Waals surface area contributed by atoms with Gasteiger partial charge in [0, 0.05) is 25.0 Å². The van der Waals surface area contributed by atoms with Crippen LogP contribution in [-0.2, 0) is 14.6 Å². The smallest absolute Gasteiger partial charge is 0.185 e. The van der Waals surface area contributed by atoms with Gasteiger partial charge in [0.15, 0.2) is 9.84 Å². The van der Waals surface area contributed by atoms with E-state index in [1.807, 2.05) is 0 Å². The number of anilines is 1. The van der Waals surface area contributed by atoms with Crippen LogP contribution in [0.2, 0.25) is 0 Å². The highest BCUT2D eigenvalue weighted by Gasteiger charge is 2.31. The van der Waals surface area contributed by atoms with Crippen molar-refractivity contribution in [3.63, 3.8) is 0 Å². The first kappa shape index (κ1) is 13.2. The molecule has 0 radical (unpaired) electrons. The van der Waals surface area contributed by atoms with Gasteiger partial charge in [0.1, 0.15) is 10.6 Å². The third kappa shape index (κ3) is 2.44. The Bertz CT molecular complexity index is 521. The minimum Gasteiger partial charge on any atom is -0.495 e. The minimum absolute atomic E-state index is 0.214. The summed E-state index contributed by atoms with van der Waals surface area (Å²) < 4.78 is 35.3. The topological polar surface area (TPSA) is 78.6 Å². The van der Waals surface area contributed by atoms with E-state index in [0.29, 0.717) is 37.5 Å². The molecular weight excluding hydrogens is 254 g/mol. The molecular formula is C12H17NO4S. The summed E-state index contributed by atoms with van der Waals surface area (Å²) in [5.41, 5.74) is 6.11. The monoisotopic (exact) mass is 271 g/mol. The van der Waals surface area contributed by atoms with E-state index in [-0.39, 0.29) is 4.90 Å². The van der Waals surface area contributed by atoms with E-state index in [1.165, 1.54) is 19.2 Å². The van der Waals surface area contributed by atoms with Crippen molar-refractivity contribution in [2.75, 3.05) is 26.1 Å². The van der Waals surface area contributed by atoms with Crippen LogP contribution < -0.4 is 10.5 Å². The second kappa shape index (κ2) is 5.16. The van der Waals surface area contributed by atoms with Gasteiger partial charge in [-0.25, -0.2) is 8.42 Å². The predicted molar refractivity (Wildman–Crippen MR) is 68.4 cm³/mol. The SMILES string of the molecule is COc1cc(N)ccc1S(=O)(=O)C1CCOCC1. The third-order valence-corrected chi connectivity index (χ3v) is 5.40. The molecule has 5 nitrogen and oxygen atoms in total. The lowest BCUT2D eigenvalue weighted by molar-refractivity contribution is 0.0983. The first-order valence-corrected chi connectivity index (χ1v) is 7.35. The third-order valence-electron chi connectivity index (χ3n) is 3.10. The van der Waals surface area contributed by atoms with Gasteiger partial charge in [-0.05, 0) is 25.0 Å². The van der Waals surface area contributed by atoms with Crippen LogP contribution in [0, 0.1) is 0 Å². The summed E-state index contributed by atoms with van der Waals surface area (Å²) >= 11 is 0. The lowest BCUT2D eigenvalue weighted by Crippen LogP contribution is -2.29. The molecule has 100 valence electrons. The van der Waals surface area contributed by atoms with Crippen molar-refractivity contribution in [3.8, 4) is 5.75 Å². The molecule has 0 aliphatic carbocycles. The van der Waals surface area contributed by atoms with Crippen molar-refractivity contribution in [1.82, 2.24) is 0 Å². The molecule has 0 amide bonds. The highest BCUT2D eigenvalue weighted by Crippen LogP contribution is 2.31. The Morgan fingerprint density at radius 2 is 2.00 bits per heavy atom. The van der Waals surface area contributed by atoms with Crippen molar-refractivity contribution >= 4 is 15.5 Å². The van der Waals surface area contributed by atoms with Crippen molar-refractivity contribution in [2.24, 2.45) is 0 Å². The van der Waals surface area contributed by atoms with Crippen LogP contribution in [0.25, 0.3) is 0 Å². The molecule has 0 unspecified atom stereocenters. The maximum Gasteiger partial charge on any atom is 0.185 e. The fraction of sp³-hybridized carbons (Fsp3) is 0.500. The Labute approximate surface area is 107 Å². The Hall–Kier alpha value is -1.27. The second-order valence-corrected chi connectivity index (χ2v) is 6.46. The molecule has 2 N–H and O–H groups in total. The number of benzene rings is 1. The Balaban J connectivity index is 2.40. The molecule has 0 saturated carbocycles. The van der Waals surface area contributed by atoms with Crippen molar-refractivity contribution in [3.05, 3.63) is 18.2 Å². The fourth-order valence-corrected chi connectivity index (χ4v) is 3.94. The van der Waals surface area contributed by atoms with E-state index in [0.717, 1.165) is 0 Å². The normalized spacial score (nSPS) is 17.6. The summed E-state index contributed by atoms with van der Waals surface area (Å²) in [6.45, 7) is 0.975. The average Bonchev–Trinajstić information content (AvgIpc) is 2.39. The van der Waals surface area contributed by atoms with Crippen LogP contribution in [0.15, 0.2) is 23.1 Å². The molecule has 0 atom stereocenters. The van der Waals surface area contributed by atoms with E-state index in [4.69, 9.17) is 15.2 Å². The van der Waals surface area contributed by atoms with Crippen LogP contribution in [0.5, 0.6) is 5.75 Å². The van der Waals surface area contributed by atoms with Crippen molar-refractivity contribution in [2.45, 2.75) is 23.0 Å². The fourth-order valence-electron chi connectivity index (χ4n) is 2.09. The summed E-state index contributed by atoms with van der Waals surface area (Å²) in [6.07, 6.45) is 1.05. The number of rotatable bonds is 3. The van der Waals surface area contributed by atoms with Crippen LogP contribution in [0.4, 0.5) is 5.69 Å². The van der Waals surface area contributed by atoms with Crippen molar-refractivity contribution < 1.29 is 17.9 Å². The highest BCUT2D eigenvalue weighted by molar-refractivity contribution is 7.92. The Kier molecular flexibility index (Phi) is 3.77. The van der Waals surface area contributed by atoms with Gasteiger partial charge in [0.2, 0.25) is 0 Å². The molecule has 1 fully saturated rings. The van der Waals surface area contributed by atoms with Gasteiger partial charge in [-0.3, -0.25) is 0 Å². The van der Waals surface area contributed by atoms with Crippen LogP contribution in [0.1, 0.15) is 12.8 Å². The zero-order valence-electron chi connectivity index (χ0n) is 10.3. The van der Waals surface area contributed by atoms with E-state index in [9.17, 15) is 8.42 Å². The molecule has 2 rings (SSSR count). The number of nitrogens with two attached hydrogens (primary N) is 1. The summed E-state index contributed by atoms with van der Waals surface area (Å²) in [4.78, 5) is 0.214. The highest BCUT2D eigenvalue weighted by atomic mass is 32.2. The van der Waals surface area contributed by atoms with Crippen LogP contribution in [-0.4, -0.2) is 34.0 Å². The molecule has 0 spiro atoms. The second-order valence-electron chi connectivity index (χ2n) is 4.27. The summed E-state index contributed by atoms with van der Waals surface area (Å²) in [6, 6.07) is 4.62. The Morgan fingerprint density at radius 3 is 2.61 bits per heavy atom. The average molecular weight is 271 g/mol. The minimum atomic E-state index is -3.38. The lowest BCUT2D eigenvalue weighted by Gasteiger charge is -2.23. The van der Waals surface area contributed by atoms with Gasteiger partial charge in [-0.15, -0.1) is 0 Å². The molecule has 1 heterocycles. The standard InChI is InChI=1S/C12H17NO4S/c1-16-11-8-9(13)2-3-12(11)18(14,15)10-4-6-17-7-5-10/h2-3,8,10H,4-7,13H2,1H3. The zero-order chi connectivity index (χ0) is 13.2. The molecule has 1 aliphatic heterocycles. The summed E-state index contributed by atoms with van der Waals surface area (Å²) in [5.74, 6) is 0.307. The van der Waals surface area contributed by atoms with Gasteiger partial charge in [0.05, 0.1) is 12.4 Å². The lowest BCUT2D eigenvalue weighted by atomic mass is 10.2. The van der Waals surface area contributed by atoms with Gasteiger partial charge >= 0.3 is 0 Å². The molecule has 1 aliphatic rings. The zero-order valence-corrected chi connectivity index (χ0v) is 11.1. The molecule has 1 aromatic rings. The van der Waals surface area contributed by atoms with Crippen LogP contribution in [0.3, 0.4) is 0 Å². The van der Waals surface area contributed by atoms with E-state index >= 15 is 0 Å². The Morgan fingerprint density at radius 1 is 1.33 bits per heavy atom. The van der Waals surface area contributed by atoms with Crippen molar-refractivity contribution in [1.29, 1.82) is 0 Å². The number of hydrogen-bond acceptors (Lipinski definition) is 5. The molecule has 6 heteroatoms. The van der Waals surface area contributed by atoms with E-state index in [1.54, 1.807) is 6.07 Å². The summed E-state index contributed by atoms with van der Waals surface area (Å²) in [5, 5.41) is -0.399. The predicted octanol–water partition coefficient (Wildman–Crippen LogP) is 1.23. The molecule has 1 aromatic carbocycles. The maximum atomic E-state index is 12.5. The molecule has 0 bridgehead atoms. The maximum absolute atomic E-state index is 12.5. The largest absolute Gasteiger partial charge is 0.495 e. The number of ether oxygens (including phenoxy) is 2. The first-order valence-electron chi connectivity index (χ1n) is 5.81. The number of hydrogen-bond donors (Lipinski definition) is 1. The molecule has 0 aromatic heterocycles. The van der Waals surface area contributed by atoms with Gasteiger partial charge < -0.3 is 15.2 Å². The number of nitrogen functional groups attached to an aromatic ring is 1. The van der Waals surface area contributed by atoms with Gasteiger partial charge in [-0.1, -0.05) is 0 Å². The van der Waals surface area contributed by atoms with Gasteiger partial charge in [0.25, 0.3) is 0 Å². The number of sulfone groups is 1. The molecule has 1 saturated heterocycles.